The van der Waals surface area contributed by atoms with Crippen LogP contribution in [0.2, 0.25) is 0 Å². The molecule has 0 aliphatic heterocycles. The lowest BCUT2D eigenvalue weighted by Crippen LogP contribution is -2.32. The lowest BCUT2D eigenvalue weighted by Gasteiger charge is -2.01. The lowest BCUT2D eigenvalue weighted by atomic mass is 9.79. The van der Waals surface area contributed by atoms with E-state index in [-0.39, 0.29) is 22.3 Å². The maximum atomic E-state index is 10.4. The Morgan fingerprint density at radius 3 is 2.43 bits per heavy atom. The summed E-state index contributed by atoms with van der Waals surface area (Å²) in [7, 11) is -1.89. The molecule has 6 N–H and O–H groups in total. The molecule has 0 radical (unpaired) electrons. The Bertz CT molecular complexity index is 343. The molecule has 7 nitrogen and oxygen atoms in total. The first-order valence-electron chi connectivity index (χ1n) is 3.42. The van der Waals surface area contributed by atoms with Crippen molar-refractivity contribution in [2.75, 3.05) is 5.73 Å². The summed E-state index contributed by atoms with van der Waals surface area (Å²) in [6.45, 7) is 0. The van der Waals surface area contributed by atoms with Gasteiger partial charge in [-0.2, -0.15) is 0 Å². The van der Waals surface area contributed by atoms with Crippen molar-refractivity contribution in [2.45, 2.75) is 0 Å². The second kappa shape index (κ2) is 4.56. The van der Waals surface area contributed by atoms with Crippen molar-refractivity contribution in [3.8, 4) is 0 Å². The van der Waals surface area contributed by atoms with Crippen LogP contribution in [0.4, 0.5) is 11.4 Å². The molecule has 0 aromatic heterocycles. The molecule has 0 unspecified atom stereocenters. The van der Waals surface area contributed by atoms with Gasteiger partial charge in [0.05, 0.1) is 10.4 Å². The first-order chi connectivity index (χ1) is 6.02. The predicted octanol–water partition coefficient (Wildman–Crippen LogP) is -1.97. The van der Waals surface area contributed by atoms with Crippen LogP contribution >= 0.6 is 0 Å². The third-order valence-corrected chi connectivity index (χ3v) is 1.53. The van der Waals surface area contributed by atoms with E-state index >= 15 is 0 Å². The first kappa shape index (κ1) is 12.4. The number of hydrogen-bond acceptors (Lipinski definition) is 5. The van der Waals surface area contributed by atoms with Crippen LogP contribution in [0.15, 0.2) is 18.2 Å². The number of rotatable bonds is 2. The van der Waals surface area contributed by atoms with Gasteiger partial charge in [0.2, 0.25) is 0 Å². The van der Waals surface area contributed by atoms with Crippen LogP contribution in [0.5, 0.6) is 0 Å². The third-order valence-electron chi connectivity index (χ3n) is 1.53. The van der Waals surface area contributed by atoms with E-state index < -0.39 is 12.0 Å². The van der Waals surface area contributed by atoms with E-state index in [1.807, 2.05) is 0 Å². The summed E-state index contributed by atoms with van der Waals surface area (Å²) in [6, 6.07) is 3.61. The topological polar surface area (TPSA) is 141 Å². The Morgan fingerprint density at radius 2 is 2.00 bits per heavy atom. The minimum absolute atomic E-state index is 0. The Kier molecular flexibility index (Phi) is 4.03. The van der Waals surface area contributed by atoms with Gasteiger partial charge in [-0.1, -0.05) is 0 Å². The quantitative estimate of drug-likeness (QED) is 0.219. The summed E-state index contributed by atoms with van der Waals surface area (Å²) in [5.41, 5.74) is 5.00. The van der Waals surface area contributed by atoms with Gasteiger partial charge in [0, 0.05) is 11.8 Å². The number of nitrogens with zero attached hydrogens (tertiary/aromatic N) is 1. The zero-order chi connectivity index (χ0) is 10.0. The molecule has 76 valence electrons. The molecule has 1 aromatic rings. The van der Waals surface area contributed by atoms with Crippen molar-refractivity contribution in [2.24, 2.45) is 0 Å². The molecule has 1 aromatic carbocycles. The molecule has 0 aliphatic carbocycles. The second-order valence-electron chi connectivity index (χ2n) is 2.45. The molecule has 0 atom stereocenters. The zero-order valence-corrected chi connectivity index (χ0v) is 7.04. The Balaban J connectivity index is 0.00000169. The van der Waals surface area contributed by atoms with E-state index in [1.54, 1.807) is 0 Å². The monoisotopic (exact) mass is 200 g/mol. The molecule has 0 saturated carbocycles. The standard InChI is InChI=1S/C6H7BN2O4.H2O/c8-4-1-2-6(9(12)13)5(3-4)7(10)11;/h1-3,10-11H,8H2;1H2. The van der Waals surface area contributed by atoms with Crippen molar-refractivity contribution in [3.05, 3.63) is 28.3 Å². The molecule has 1 rings (SSSR count). The summed E-state index contributed by atoms with van der Waals surface area (Å²) in [6.07, 6.45) is 0. The number of nitrogen functional groups attached to an aromatic ring is 1. The van der Waals surface area contributed by atoms with Gasteiger partial charge in [0.15, 0.2) is 0 Å². The minimum atomic E-state index is -1.89. The van der Waals surface area contributed by atoms with Gasteiger partial charge >= 0.3 is 7.12 Å². The first-order valence-corrected chi connectivity index (χ1v) is 3.42. The second-order valence-corrected chi connectivity index (χ2v) is 2.45. The fourth-order valence-corrected chi connectivity index (χ4v) is 0.946. The molecule has 14 heavy (non-hydrogen) atoms. The number of anilines is 1. The third kappa shape index (κ3) is 2.42. The largest absolute Gasteiger partial charge is 0.495 e. The summed E-state index contributed by atoms with van der Waals surface area (Å²) in [5, 5.41) is 27.9. The van der Waals surface area contributed by atoms with Crippen LogP contribution < -0.4 is 11.2 Å². The van der Waals surface area contributed by atoms with Crippen LogP contribution in [0, 0.1) is 10.1 Å². The fourth-order valence-electron chi connectivity index (χ4n) is 0.946. The van der Waals surface area contributed by atoms with Crippen molar-refractivity contribution in [3.63, 3.8) is 0 Å². The molecule has 0 heterocycles. The van der Waals surface area contributed by atoms with Crippen LogP contribution in [0.25, 0.3) is 0 Å². The molecule has 0 bridgehead atoms. The van der Waals surface area contributed by atoms with E-state index in [2.05, 4.69) is 0 Å². The summed E-state index contributed by atoms with van der Waals surface area (Å²) < 4.78 is 0. The zero-order valence-electron chi connectivity index (χ0n) is 7.04. The number of benzene rings is 1. The predicted molar refractivity (Wildman–Crippen MR) is 50.9 cm³/mol. The van der Waals surface area contributed by atoms with Gasteiger partial charge in [-0.3, -0.25) is 10.1 Å². The molecule has 0 amide bonds. The van der Waals surface area contributed by atoms with Crippen molar-refractivity contribution >= 4 is 24.0 Å². The molecule has 0 aliphatic rings. The van der Waals surface area contributed by atoms with Crippen LogP contribution in [-0.2, 0) is 0 Å². The Hall–Kier alpha value is -1.64. The van der Waals surface area contributed by atoms with Gasteiger partial charge < -0.3 is 21.3 Å². The highest BCUT2D eigenvalue weighted by Crippen LogP contribution is 2.11. The van der Waals surface area contributed by atoms with E-state index in [9.17, 15) is 10.1 Å². The molecule has 0 fully saturated rings. The molecule has 0 spiro atoms. The van der Waals surface area contributed by atoms with E-state index in [4.69, 9.17) is 15.8 Å². The van der Waals surface area contributed by atoms with E-state index in [1.165, 1.54) is 6.07 Å². The summed E-state index contributed by atoms with van der Waals surface area (Å²) in [4.78, 5) is 9.68. The number of nitro groups is 1. The average Bonchev–Trinajstić information content (AvgIpc) is 2.03. The maximum absolute atomic E-state index is 10.4. The van der Waals surface area contributed by atoms with Crippen molar-refractivity contribution < 1.29 is 20.4 Å². The Morgan fingerprint density at radius 1 is 1.43 bits per heavy atom. The van der Waals surface area contributed by atoms with Crippen LogP contribution in [0.3, 0.4) is 0 Å². The Labute approximate surface area is 79.4 Å². The molecule has 8 heteroatoms. The average molecular weight is 200 g/mol. The summed E-state index contributed by atoms with van der Waals surface area (Å²) in [5.74, 6) is 0. The molecular weight excluding hydrogens is 191 g/mol. The van der Waals surface area contributed by atoms with E-state index in [0.29, 0.717) is 0 Å². The van der Waals surface area contributed by atoms with Crippen molar-refractivity contribution in [1.82, 2.24) is 0 Å². The van der Waals surface area contributed by atoms with Gasteiger partial charge in [0.25, 0.3) is 5.69 Å². The number of hydrogen-bond donors (Lipinski definition) is 3. The van der Waals surface area contributed by atoms with Crippen molar-refractivity contribution in [1.29, 1.82) is 0 Å². The smallest absolute Gasteiger partial charge is 0.423 e. The normalized spacial score (nSPS) is 9.00. The van der Waals surface area contributed by atoms with E-state index in [0.717, 1.165) is 12.1 Å². The maximum Gasteiger partial charge on any atom is 0.495 e. The van der Waals surface area contributed by atoms with Gasteiger partial charge in [-0.25, -0.2) is 0 Å². The van der Waals surface area contributed by atoms with Gasteiger partial charge in [0.1, 0.15) is 0 Å². The molecular formula is C6H9BN2O5. The highest BCUT2D eigenvalue weighted by atomic mass is 16.6. The van der Waals surface area contributed by atoms with Gasteiger partial charge in [-0.15, -0.1) is 0 Å². The lowest BCUT2D eigenvalue weighted by molar-refractivity contribution is -0.383. The SMILES string of the molecule is Nc1ccc([N+](=O)[O-])c(B(O)O)c1.O. The van der Waals surface area contributed by atoms with Gasteiger partial charge in [-0.05, 0) is 12.1 Å². The summed E-state index contributed by atoms with van der Waals surface area (Å²) >= 11 is 0. The minimum Gasteiger partial charge on any atom is -0.423 e. The fraction of sp³-hybridized carbons (Fsp3) is 0. The highest BCUT2D eigenvalue weighted by molar-refractivity contribution is 6.60. The highest BCUT2D eigenvalue weighted by Gasteiger charge is 2.23. The number of nitro benzene ring substituents is 1. The number of nitrogens with two attached hydrogens (primary N) is 1. The molecule has 0 saturated heterocycles. The van der Waals surface area contributed by atoms with Crippen LogP contribution in [-0.4, -0.2) is 27.6 Å². The van der Waals surface area contributed by atoms with Crippen LogP contribution in [0.1, 0.15) is 0 Å².